The molecule has 1 aliphatic heterocycles. The molecule has 2 aromatic rings. The molecule has 0 aliphatic carbocycles. The highest BCUT2D eigenvalue weighted by Gasteiger charge is 2.50. The largest absolute Gasteiger partial charge is 0.459 e. The molecule has 29 heavy (non-hydrogen) atoms. The molecule has 7 nitrogen and oxygen atoms in total. The van der Waals surface area contributed by atoms with Crippen molar-refractivity contribution >= 4 is 17.9 Å². The van der Waals surface area contributed by atoms with Gasteiger partial charge in [-0.2, -0.15) is 0 Å². The van der Waals surface area contributed by atoms with E-state index in [9.17, 15) is 18.8 Å². The van der Waals surface area contributed by atoms with Crippen molar-refractivity contribution in [2.24, 2.45) is 0 Å². The van der Waals surface area contributed by atoms with Crippen molar-refractivity contribution in [1.82, 2.24) is 0 Å². The highest BCUT2D eigenvalue weighted by molar-refractivity contribution is 5.90. The standard InChI is InChI=1S/C21H19FO7/c1-13(23)27-21-17(22)18(29-20(25)15-10-6-3-7-11-15)16(28-21)12-26-19(24)14-8-4-2-5-9-14/h2-11,16-18,21H,12H2,1H3/t16-,17+,18-,21+/m1/s1. The van der Waals surface area contributed by atoms with Gasteiger partial charge < -0.3 is 18.9 Å². The van der Waals surface area contributed by atoms with Crippen LogP contribution in [0.25, 0.3) is 0 Å². The first kappa shape index (κ1) is 20.5. The first-order valence-electron chi connectivity index (χ1n) is 8.90. The van der Waals surface area contributed by atoms with Crippen LogP contribution in [-0.2, 0) is 23.7 Å². The number of carbonyl (C=O) groups is 3. The Bertz CT molecular complexity index is 856. The second-order valence-corrected chi connectivity index (χ2v) is 6.30. The number of rotatable bonds is 6. The van der Waals surface area contributed by atoms with Gasteiger partial charge in [-0.25, -0.2) is 14.0 Å². The summed E-state index contributed by atoms with van der Waals surface area (Å²) in [5, 5.41) is 0. The lowest BCUT2D eigenvalue weighted by Crippen LogP contribution is -2.37. The van der Waals surface area contributed by atoms with Crippen molar-refractivity contribution in [1.29, 1.82) is 0 Å². The number of halogens is 1. The molecule has 1 saturated heterocycles. The number of hydrogen-bond acceptors (Lipinski definition) is 7. The third-order valence-corrected chi connectivity index (χ3v) is 4.17. The molecule has 2 aromatic carbocycles. The summed E-state index contributed by atoms with van der Waals surface area (Å²) in [4.78, 5) is 35.6. The average Bonchev–Trinajstić information content (AvgIpc) is 3.01. The fraction of sp³-hybridized carbons (Fsp3) is 0.286. The van der Waals surface area contributed by atoms with Gasteiger partial charge in [-0.15, -0.1) is 0 Å². The van der Waals surface area contributed by atoms with Crippen molar-refractivity contribution in [3.63, 3.8) is 0 Å². The Morgan fingerprint density at radius 1 is 0.897 bits per heavy atom. The molecule has 152 valence electrons. The van der Waals surface area contributed by atoms with Crippen molar-refractivity contribution in [3.8, 4) is 0 Å². The maximum atomic E-state index is 14.8. The van der Waals surface area contributed by atoms with Crippen LogP contribution in [0.1, 0.15) is 27.6 Å². The Balaban J connectivity index is 1.70. The third-order valence-electron chi connectivity index (χ3n) is 4.17. The first-order valence-corrected chi connectivity index (χ1v) is 8.90. The first-order chi connectivity index (χ1) is 14.0. The molecule has 0 amide bonds. The molecular weight excluding hydrogens is 383 g/mol. The molecule has 0 spiro atoms. The quantitative estimate of drug-likeness (QED) is 0.542. The molecule has 4 atom stereocenters. The second kappa shape index (κ2) is 9.29. The van der Waals surface area contributed by atoms with Crippen molar-refractivity contribution in [2.75, 3.05) is 6.61 Å². The van der Waals surface area contributed by atoms with E-state index in [2.05, 4.69) is 0 Å². The van der Waals surface area contributed by atoms with Gasteiger partial charge in [-0.05, 0) is 24.3 Å². The van der Waals surface area contributed by atoms with E-state index < -0.39 is 49.2 Å². The Morgan fingerprint density at radius 3 is 2.00 bits per heavy atom. The molecule has 0 N–H and O–H groups in total. The van der Waals surface area contributed by atoms with E-state index in [1.807, 2.05) is 0 Å². The SMILES string of the molecule is CC(=O)O[C@H]1O[C@H](COC(=O)c2ccccc2)[C@@H](OC(=O)c2ccccc2)[C@@H]1F. The zero-order valence-electron chi connectivity index (χ0n) is 15.5. The molecule has 0 aromatic heterocycles. The van der Waals surface area contributed by atoms with E-state index in [1.165, 1.54) is 12.1 Å². The van der Waals surface area contributed by atoms with Crippen LogP contribution in [0.4, 0.5) is 4.39 Å². The summed E-state index contributed by atoms with van der Waals surface area (Å²) >= 11 is 0. The predicted octanol–water partition coefficient (Wildman–Crippen LogP) is 2.70. The lowest BCUT2D eigenvalue weighted by Gasteiger charge is -2.19. The van der Waals surface area contributed by atoms with E-state index in [4.69, 9.17) is 18.9 Å². The third kappa shape index (κ3) is 5.17. The topological polar surface area (TPSA) is 88.1 Å². The smallest absolute Gasteiger partial charge is 0.338 e. The molecule has 3 rings (SSSR count). The fourth-order valence-electron chi connectivity index (χ4n) is 2.80. The van der Waals surface area contributed by atoms with Gasteiger partial charge >= 0.3 is 17.9 Å². The molecule has 0 bridgehead atoms. The van der Waals surface area contributed by atoms with E-state index >= 15 is 0 Å². The van der Waals surface area contributed by atoms with Crippen LogP contribution in [0, 0.1) is 0 Å². The number of alkyl halides is 1. The van der Waals surface area contributed by atoms with E-state index in [-0.39, 0.29) is 5.56 Å². The molecule has 1 fully saturated rings. The molecule has 1 aliphatic rings. The monoisotopic (exact) mass is 402 g/mol. The van der Waals surface area contributed by atoms with Gasteiger partial charge in [-0.1, -0.05) is 36.4 Å². The molecule has 0 unspecified atom stereocenters. The van der Waals surface area contributed by atoms with Gasteiger partial charge in [0.2, 0.25) is 12.5 Å². The molecule has 0 saturated carbocycles. The highest BCUT2D eigenvalue weighted by Crippen LogP contribution is 2.29. The molecular formula is C21H19FO7. The van der Waals surface area contributed by atoms with E-state index in [1.54, 1.807) is 48.5 Å². The predicted molar refractivity (Wildman–Crippen MR) is 97.7 cm³/mol. The summed E-state index contributed by atoms with van der Waals surface area (Å²) < 4.78 is 35.3. The maximum Gasteiger partial charge on any atom is 0.338 e. The number of ether oxygens (including phenoxy) is 4. The van der Waals surface area contributed by atoms with Gasteiger partial charge in [0.15, 0.2) is 6.10 Å². The van der Waals surface area contributed by atoms with Gasteiger partial charge in [0.25, 0.3) is 0 Å². The normalized spacial score (nSPS) is 23.2. The van der Waals surface area contributed by atoms with Crippen LogP contribution in [0.3, 0.4) is 0 Å². The van der Waals surface area contributed by atoms with Crippen LogP contribution in [0.2, 0.25) is 0 Å². The lowest BCUT2D eigenvalue weighted by atomic mass is 10.1. The summed E-state index contributed by atoms with van der Waals surface area (Å²) in [5.74, 6) is -2.17. The minimum Gasteiger partial charge on any atom is -0.459 e. The lowest BCUT2D eigenvalue weighted by molar-refractivity contribution is -0.182. The fourth-order valence-corrected chi connectivity index (χ4v) is 2.80. The van der Waals surface area contributed by atoms with Crippen molar-refractivity contribution < 1.29 is 37.7 Å². The van der Waals surface area contributed by atoms with Crippen LogP contribution >= 0.6 is 0 Å². The van der Waals surface area contributed by atoms with Crippen LogP contribution in [0.5, 0.6) is 0 Å². The summed E-state index contributed by atoms with van der Waals surface area (Å²) in [6, 6.07) is 16.2. The van der Waals surface area contributed by atoms with Crippen molar-refractivity contribution in [2.45, 2.75) is 31.6 Å². The Hall–Kier alpha value is -3.26. The zero-order chi connectivity index (χ0) is 20.8. The van der Waals surface area contributed by atoms with Crippen LogP contribution < -0.4 is 0 Å². The van der Waals surface area contributed by atoms with Gasteiger partial charge in [-0.3, -0.25) is 4.79 Å². The summed E-state index contributed by atoms with van der Waals surface area (Å²) in [5.41, 5.74) is 0.521. The van der Waals surface area contributed by atoms with Gasteiger partial charge in [0, 0.05) is 6.92 Å². The van der Waals surface area contributed by atoms with Gasteiger partial charge in [0.1, 0.15) is 12.7 Å². The van der Waals surface area contributed by atoms with Crippen molar-refractivity contribution in [3.05, 3.63) is 71.8 Å². The average molecular weight is 402 g/mol. The van der Waals surface area contributed by atoms with Crippen LogP contribution in [-0.4, -0.2) is 49.2 Å². The van der Waals surface area contributed by atoms with E-state index in [0.29, 0.717) is 5.56 Å². The Labute approximate surface area is 166 Å². The number of esters is 3. The number of benzene rings is 2. The summed E-state index contributed by atoms with van der Waals surface area (Å²) in [7, 11) is 0. The summed E-state index contributed by atoms with van der Waals surface area (Å²) in [6.07, 6.45) is -6.07. The minimum absolute atomic E-state index is 0.218. The Kier molecular flexibility index (Phi) is 6.56. The highest BCUT2D eigenvalue weighted by atomic mass is 19.1. The van der Waals surface area contributed by atoms with Crippen LogP contribution in [0.15, 0.2) is 60.7 Å². The maximum absolute atomic E-state index is 14.8. The Morgan fingerprint density at radius 2 is 1.45 bits per heavy atom. The van der Waals surface area contributed by atoms with E-state index in [0.717, 1.165) is 6.92 Å². The zero-order valence-corrected chi connectivity index (χ0v) is 15.5. The number of carbonyl (C=O) groups excluding carboxylic acids is 3. The molecule has 8 heteroatoms. The second-order valence-electron chi connectivity index (χ2n) is 6.30. The number of hydrogen-bond donors (Lipinski definition) is 0. The minimum atomic E-state index is -1.94. The molecule has 0 radical (unpaired) electrons. The van der Waals surface area contributed by atoms with Gasteiger partial charge in [0.05, 0.1) is 11.1 Å². The summed E-state index contributed by atoms with van der Waals surface area (Å²) in [6.45, 7) is 0.711. The molecule has 1 heterocycles.